The van der Waals surface area contributed by atoms with Crippen molar-refractivity contribution in [3.8, 4) is 0 Å². The van der Waals surface area contributed by atoms with Gasteiger partial charge in [0, 0.05) is 49.6 Å². The molecule has 5 nitrogen and oxygen atoms in total. The molecule has 3 aliphatic rings. The Bertz CT molecular complexity index is 718. The largest absolute Gasteiger partial charge is 0.357 e. The van der Waals surface area contributed by atoms with Gasteiger partial charge >= 0.3 is 0 Å². The van der Waals surface area contributed by atoms with E-state index >= 15 is 0 Å². The van der Waals surface area contributed by atoms with Crippen LogP contribution in [0.15, 0.2) is 35.3 Å². The molecule has 7 heteroatoms. The van der Waals surface area contributed by atoms with Gasteiger partial charge in [-0.1, -0.05) is 30.3 Å². The van der Waals surface area contributed by atoms with Crippen molar-refractivity contribution >= 4 is 47.6 Å². The van der Waals surface area contributed by atoms with Crippen LogP contribution < -0.4 is 10.6 Å². The lowest BCUT2D eigenvalue weighted by Crippen LogP contribution is -2.47. The molecule has 1 aromatic carbocycles. The summed E-state index contributed by atoms with van der Waals surface area (Å²) in [5.41, 5.74) is 1.45. The number of halogens is 1. The van der Waals surface area contributed by atoms with Gasteiger partial charge in [-0.25, -0.2) is 0 Å². The van der Waals surface area contributed by atoms with E-state index < -0.39 is 0 Å². The second-order valence-electron chi connectivity index (χ2n) is 8.86. The van der Waals surface area contributed by atoms with Crippen molar-refractivity contribution in [2.75, 3.05) is 37.7 Å². The number of carbonyl (C=O) groups is 1. The van der Waals surface area contributed by atoms with E-state index in [0.29, 0.717) is 23.8 Å². The highest BCUT2D eigenvalue weighted by Gasteiger charge is 2.38. The van der Waals surface area contributed by atoms with Crippen LogP contribution in [0.5, 0.6) is 0 Å². The maximum absolute atomic E-state index is 12.8. The molecule has 4 rings (SSSR count). The molecule has 1 amide bonds. The first-order valence-electron chi connectivity index (χ1n) is 11.7. The fourth-order valence-electron chi connectivity index (χ4n) is 4.81. The van der Waals surface area contributed by atoms with Crippen LogP contribution >= 0.6 is 35.7 Å². The highest BCUT2D eigenvalue weighted by Crippen LogP contribution is 2.47. The molecule has 1 saturated heterocycles. The predicted molar refractivity (Wildman–Crippen MR) is 141 cm³/mol. The fourth-order valence-corrected chi connectivity index (χ4v) is 5.71. The van der Waals surface area contributed by atoms with Crippen molar-refractivity contribution < 1.29 is 4.79 Å². The molecule has 0 spiro atoms. The summed E-state index contributed by atoms with van der Waals surface area (Å²) in [5, 5.41) is 7.06. The van der Waals surface area contributed by atoms with Crippen LogP contribution in [0.1, 0.15) is 50.5 Å². The number of hydrogen-bond acceptors (Lipinski definition) is 3. The molecule has 1 aliphatic heterocycles. The van der Waals surface area contributed by atoms with Crippen molar-refractivity contribution in [1.82, 2.24) is 15.5 Å². The minimum atomic E-state index is 0. The number of aliphatic imine (C=N–C) groups is 1. The number of rotatable bonds is 6. The van der Waals surface area contributed by atoms with E-state index in [4.69, 9.17) is 4.99 Å². The average molecular weight is 557 g/mol. The number of thioether (sulfide) groups is 1. The molecular formula is C24H37IN4OS. The topological polar surface area (TPSA) is 56.7 Å². The molecule has 2 N–H and O–H groups in total. The van der Waals surface area contributed by atoms with Gasteiger partial charge < -0.3 is 15.5 Å². The summed E-state index contributed by atoms with van der Waals surface area (Å²) < 4.78 is 0. The SMILES string of the molecule is CCNC(=NCC1CC1c1ccccc1)NC1CCC(C(=O)N2CCSCC2)CC1.I. The van der Waals surface area contributed by atoms with Crippen LogP contribution in [0.25, 0.3) is 0 Å². The fraction of sp³-hybridized carbons (Fsp3) is 0.667. The second kappa shape index (κ2) is 12.3. The Balaban J connectivity index is 0.00000272. The molecular weight excluding hydrogens is 519 g/mol. The molecule has 2 atom stereocenters. The Morgan fingerprint density at radius 3 is 2.52 bits per heavy atom. The van der Waals surface area contributed by atoms with Crippen LogP contribution in [0.2, 0.25) is 0 Å². The van der Waals surface area contributed by atoms with Crippen LogP contribution in [0, 0.1) is 11.8 Å². The highest BCUT2D eigenvalue weighted by molar-refractivity contribution is 14.0. The van der Waals surface area contributed by atoms with E-state index in [2.05, 4.69) is 52.8 Å². The molecule has 1 aromatic rings. The van der Waals surface area contributed by atoms with Gasteiger partial charge in [0.05, 0.1) is 0 Å². The van der Waals surface area contributed by atoms with E-state index in [0.717, 1.165) is 69.3 Å². The minimum Gasteiger partial charge on any atom is -0.357 e. The Morgan fingerprint density at radius 1 is 1.13 bits per heavy atom. The Morgan fingerprint density at radius 2 is 1.84 bits per heavy atom. The maximum Gasteiger partial charge on any atom is 0.225 e. The summed E-state index contributed by atoms with van der Waals surface area (Å²) >= 11 is 1.96. The maximum atomic E-state index is 12.8. The van der Waals surface area contributed by atoms with Crippen molar-refractivity contribution in [3.63, 3.8) is 0 Å². The van der Waals surface area contributed by atoms with Crippen molar-refractivity contribution in [2.45, 2.75) is 51.0 Å². The zero-order valence-electron chi connectivity index (χ0n) is 18.6. The molecule has 0 radical (unpaired) electrons. The summed E-state index contributed by atoms with van der Waals surface area (Å²) in [6, 6.07) is 11.2. The monoisotopic (exact) mass is 556 g/mol. The Hall–Kier alpha value is -0.960. The van der Waals surface area contributed by atoms with Gasteiger partial charge in [0.15, 0.2) is 5.96 Å². The van der Waals surface area contributed by atoms with E-state index in [-0.39, 0.29) is 29.9 Å². The number of benzene rings is 1. The normalized spacial score (nSPS) is 28.4. The lowest BCUT2D eigenvalue weighted by Gasteiger charge is -2.34. The van der Waals surface area contributed by atoms with Crippen LogP contribution in [0.4, 0.5) is 0 Å². The van der Waals surface area contributed by atoms with Crippen LogP contribution in [-0.2, 0) is 4.79 Å². The number of nitrogens with zero attached hydrogens (tertiary/aromatic N) is 2. The summed E-state index contributed by atoms with van der Waals surface area (Å²) in [5.74, 6) is 5.10. The molecule has 2 saturated carbocycles. The van der Waals surface area contributed by atoms with Gasteiger partial charge in [0.1, 0.15) is 0 Å². The minimum absolute atomic E-state index is 0. The Kier molecular flexibility index (Phi) is 9.81. The number of nitrogens with one attached hydrogen (secondary N) is 2. The number of hydrogen-bond donors (Lipinski definition) is 2. The third-order valence-corrected chi connectivity index (χ3v) is 7.66. The third-order valence-electron chi connectivity index (χ3n) is 6.72. The zero-order chi connectivity index (χ0) is 20.8. The van der Waals surface area contributed by atoms with Crippen molar-refractivity contribution in [1.29, 1.82) is 0 Å². The first kappa shape index (κ1) is 24.7. The molecule has 0 bridgehead atoms. The van der Waals surface area contributed by atoms with Gasteiger partial charge in [-0.2, -0.15) is 11.8 Å². The number of guanidine groups is 1. The first-order valence-corrected chi connectivity index (χ1v) is 12.9. The molecule has 1 heterocycles. The predicted octanol–water partition coefficient (Wildman–Crippen LogP) is 4.10. The average Bonchev–Trinajstić information content (AvgIpc) is 3.59. The number of amides is 1. The van der Waals surface area contributed by atoms with E-state index in [1.165, 1.54) is 12.0 Å². The zero-order valence-corrected chi connectivity index (χ0v) is 21.7. The molecule has 3 fully saturated rings. The summed E-state index contributed by atoms with van der Waals surface area (Å²) in [6.07, 6.45) is 5.35. The lowest BCUT2D eigenvalue weighted by molar-refractivity contribution is -0.136. The summed E-state index contributed by atoms with van der Waals surface area (Å²) in [6.45, 7) is 5.75. The Labute approximate surface area is 208 Å². The molecule has 2 unspecified atom stereocenters. The molecule has 31 heavy (non-hydrogen) atoms. The van der Waals surface area contributed by atoms with E-state index in [1.807, 2.05) is 11.8 Å². The van der Waals surface area contributed by atoms with Crippen molar-refractivity contribution in [2.24, 2.45) is 16.8 Å². The van der Waals surface area contributed by atoms with Gasteiger partial charge in [-0.15, -0.1) is 24.0 Å². The third kappa shape index (κ3) is 7.01. The summed E-state index contributed by atoms with van der Waals surface area (Å²) in [4.78, 5) is 19.8. The van der Waals surface area contributed by atoms with Crippen molar-refractivity contribution in [3.05, 3.63) is 35.9 Å². The van der Waals surface area contributed by atoms with Gasteiger partial charge in [-0.05, 0) is 56.4 Å². The van der Waals surface area contributed by atoms with E-state index in [1.54, 1.807) is 0 Å². The van der Waals surface area contributed by atoms with Gasteiger partial charge in [0.25, 0.3) is 0 Å². The quantitative estimate of drug-likeness (QED) is 0.315. The van der Waals surface area contributed by atoms with E-state index in [9.17, 15) is 4.79 Å². The van der Waals surface area contributed by atoms with Gasteiger partial charge in [-0.3, -0.25) is 9.79 Å². The first-order chi connectivity index (χ1) is 14.7. The second-order valence-corrected chi connectivity index (χ2v) is 10.1. The van der Waals surface area contributed by atoms with Gasteiger partial charge in [0.2, 0.25) is 5.91 Å². The van der Waals surface area contributed by atoms with Crippen LogP contribution in [0.3, 0.4) is 0 Å². The smallest absolute Gasteiger partial charge is 0.225 e. The standard InChI is InChI=1S/C24H36N4OS.HI/c1-2-25-24(26-17-20-16-22(20)18-6-4-3-5-7-18)27-21-10-8-19(9-11-21)23(29)28-12-14-30-15-13-28;/h3-7,19-22H,2,8-17H2,1H3,(H2,25,26,27);1H. The number of carbonyl (C=O) groups excluding carboxylic acids is 1. The van der Waals surface area contributed by atoms with Crippen LogP contribution in [-0.4, -0.2) is 60.5 Å². The molecule has 2 aliphatic carbocycles. The molecule has 172 valence electrons. The highest BCUT2D eigenvalue weighted by atomic mass is 127. The molecule has 0 aromatic heterocycles. The lowest BCUT2D eigenvalue weighted by atomic mass is 9.85. The summed E-state index contributed by atoms with van der Waals surface area (Å²) in [7, 11) is 0.